The molecule has 3 amide bonds. The molecule has 4 N–H and O–H groups in total. The predicted molar refractivity (Wildman–Crippen MR) is 58.5 cm³/mol. The third kappa shape index (κ3) is 2.40. The topological polar surface area (TPSA) is 150 Å². The molecule has 0 aromatic rings. The molecule has 0 aromatic heterocycles. The number of primary amides is 1. The van der Waals surface area contributed by atoms with Crippen LogP contribution >= 0.6 is 0 Å². The van der Waals surface area contributed by atoms with Crippen LogP contribution in [0.15, 0.2) is 11.6 Å². The van der Waals surface area contributed by atoms with Crippen molar-refractivity contribution in [3.63, 3.8) is 0 Å². The molecule has 2 unspecified atom stereocenters. The van der Waals surface area contributed by atoms with Gasteiger partial charge in [0.25, 0.3) is 0 Å². The number of aliphatic hydroxyl groups is 1. The van der Waals surface area contributed by atoms with Crippen molar-refractivity contribution in [1.29, 1.82) is 0 Å². The zero-order chi connectivity index (χ0) is 14.4. The average Bonchev–Trinajstić information content (AvgIpc) is 2.54. The Morgan fingerprint density at radius 1 is 1.58 bits per heavy atom. The van der Waals surface area contributed by atoms with Crippen LogP contribution in [0.1, 0.15) is 0 Å². The van der Waals surface area contributed by atoms with E-state index in [4.69, 9.17) is 15.4 Å². The summed E-state index contributed by atoms with van der Waals surface area (Å²) in [7, 11) is -4.90. The molecule has 1 saturated heterocycles. The maximum Gasteiger partial charge on any atom is 0.418 e. The largest absolute Gasteiger partial charge is 0.418 e. The van der Waals surface area contributed by atoms with Crippen molar-refractivity contribution in [2.45, 2.75) is 12.1 Å². The SMILES string of the molecule is NC(=O)C1C=C(CO)C2CN1C(=O)N2OS(=O)(=O)O. The molecule has 2 bridgehead atoms. The van der Waals surface area contributed by atoms with Crippen LogP contribution in [-0.4, -0.2) is 65.2 Å². The van der Waals surface area contributed by atoms with Gasteiger partial charge >= 0.3 is 16.4 Å². The summed E-state index contributed by atoms with van der Waals surface area (Å²) >= 11 is 0. The molecule has 2 rings (SSSR count). The first-order chi connectivity index (χ1) is 8.74. The summed E-state index contributed by atoms with van der Waals surface area (Å²) in [4.78, 5) is 24.1. The summed E-state index contributed by atoms with van der Waals surface area (Å²) in [6, 6.07) is -2.94. The highest BCUT2D eigenvalue weighted by molar-refractivity contribution is 7.80. The number of amides is 3. The Bertz CT molecular complexity index is 557. The third-order valence-corrected chi connectivity index (χ3v) is 3.22. The Hall–Kier alpha value is -1.69. The van der Waals surface area contributed by atoms with Crippen LogP contribution in [0, 0.1) is 0 Å². The number of carbonyl (C=O) groups is 2. The van der Waals surface area contributed by atoms with Crippen molar-refractivity contribution in [2.24, 2.45) is 5.73 Å². The average molecular weight is 293 g/mol. The van der Waals surface area contributed by atoms with E-state index < -0.39 is 41.0 Å². The molecular formula is C8H11N3O7S. The number of hydroxylamine groups is 2. The Kier molecular flexibility index (Phi) is 3.22. The number of nitrogens with zero attached hydrogens (tertiary/aromatic N) is 2. The first-order valence-electron chi connectivity index (χ1n) is 5.12. The van der Waals surface area contributed by atoms with Gasteiger partial charge in [-0.05, 0) is 11.6 Å². The highest BCUT2D eigenvalue weighted by Gasteiger charge is 2.49. The number of rotatable bonds is 4. The lowest BCUT2D eigenvalue weighted by molar-refractivity contribution is -0.120. The third-order valence-electron chi connectivity index (χ3n) is 2.87. The van der Waals surface area contributed by atoms with Crippen LogP contribution in [0.25, 0.3) is 0 Å². The molecule has 2 heterocycles. The first-order valence-corrected chi connectivity index (χ1v) is 6.48. The van der Waals surface area contributed by atoms with E-state index in [0.717, 1.165) is 4.90 Å². The van der Waals surface area contributed by atoms with E-state index in [2.05, 4.69) is 4.28 Å². The number of hydrogen-bond acceptors (Lipinski definition) is 6. The van der Waals surface area contributed by atoms with Crippen molar-refractivity contribution < 1.29 is 31.9 Å². The van der Waals surface area contributed by atoms with Gasteiger partial charge < -0.3 is 15.7 Å². The lowest BCUT2D eigenvalue weighted by Gasteiger charge is -2.26. The second-order valence-electron chi connectivity index (χ2n) is 4.03. The van der Waals surface area contributed by atoms with E-state index >= 15 is 0 Å². The van der Waals surface area contributed by atoms with Gasteiger partial charge in [-0.15, -0.1) is 4.28 Å². The minimum Gasteiger partial charge on any atom is -0.392 e. The molecule has 2 aliphatic rings. The van der Waals surface area contributed by atoms with E-state index in [1.165, 1.54) is 6.08 Å². The molecule has 2 atom stereocenters. The molecule has 10 nitrogen and oxygen atoms in total. The van der Waals surface area contributed by atoms with Crippen LogP contribution < -0.4 is 5.73 Å². The fourth-order valence-corrected chi connectivity index (χ4v) is 2.45. The van der Waals surface area contributed by atoms with Crippen LogP contribution in [0.4, 0.5) is 4.79 Å². The van der Waals surface area contributed by atoms with Gasteiger partial charge in [0.1, 0.15) is 12.1 Å². The van der Waals surface area contributed by atoms with Crippen molar-refractivity contribution in [2.75, 3.05) is 13.2 Å². The van der Waals surface area contributed by atoms with Gasteiger partial charge in [-0.3, -0.25) is 9.35 Å². The Balaban J connectivity index is 2.37. The lowest BCUT2D eigenvalue weighted by atomic mass is 10.0. The fourth-order valence-electron chi connectivity index (χ4n) is 2.08. The molecule has 1 fully saturated rings. The predicted octanol–water partition coefficient (Wildman–Crippen LogP) is -2.39. The number of fused-ring (bicyclic) bond motifs is 2. The van der Waals surface area contributed by atoms with Crippen molar-refractivity contribution >= 4 is 22.3 Å². The maximum absolute atomic E-state index is 11.9. The standard InChI is InChI=1S/C8H11N3O7S/c9-7(13)5-1-4(3-12)6-2-10(5)8(14)11(6)18-19(15,16)17/h1,5-6,12H,2-3H2,(H2,9,13)(H,15,16,17). The summed E-state index contributed by atoms with van der Waals surface area (Å²) in [6.07, 6.45) is 1.27. The van der Waals surface area contributed by atoms with E-state index in [1.54, 1.807) is 0 Å². The van der Waals surface area contributed by atoms with Gasteiger partial charge in [-0.25, -0.2) is 4.79 Å². The van der Waals surface area contributed by atoms with Gasteiger partial charge in [0.2, 0.25) is 5.91 Å². The summed E-state index contributed by atoms with van der Waals surface area (Å²) in [5, 5.41) is 9.56. The molecule has 0 aliphatic carbocycles. The smallest absolute Gasteiger partial charge is 0.392 e. The number of hydrogen-bond donors (Lipinski definition) is 3. The van der Waals surface area contributed by atoms with E-state index in [9.17, 15) is 18.0 Å². The quantitative estimate of drug-likeness (QED) is 0.386. The van der Waals surface area contributed by atoms with Crippen molar-refractivity contribution in [1.82, 2.24) is 9.96 Å². The Morgan fingerprint density at radius 2 is 2.21 bits per heavy atom. The Labute approximate surface area is 107 Å². The van der Waals surface area contributed by atoms with Crippen LogP contribution in [0.5, 0.6) is 0 Å². The van der Waals surface area contributed by atoms with Crippen LogP contribution in [0.3, 0.4) is 0 Å². The minimum absolute atomic E-state index is 0.0750. The molecule has 2 aliphatic heterocycles. The van der Waals surface area contributed by atoms with Gasteiger partial charge in [-0.1, -0.05) is 0 Å². The highest BCUT2D eigenvalue weighted by atomic mass is 32.3. The molecule has 0 spiro atoms. The van der Waals surface area contributed by atoms with Gasteiger partial charge in [0.15, 0.2) is 0 Å². The van der Waals surface area contributed by atoms with E-state index in [1.807, 2.05) is 0 Å². The first kappa shape index (κ1) is 13.7. The van der Waals surface area contributed by atoms with Gasteiger partial charge in [-0.2, -0.15) is 13.5 Å². The molecule has 0 radical (unpaired) electrons. The molecule has 11 heteroatoms. The summed E-state index contributed by atoms with van der Waals surface area (Å²) < 4.78 is 34.1. The normalized spacial score (nSPS) is 26.6. The molecule has 19 heavy (non-hydrogen) atoms. The highest BCUT2D eigenvalue weighted by Crippen LogP contribution is 2.30. The number of aliphatic hydroxyl groups excluding tert-OH is 1. The minimum atomic E-state index is -4.90. The number of carbonyl (C=O) groups excluding carboxylic acids is 2. The zero-order valence-corrected chi connectivity index (χ0v) is 10.3. The Morgan fingerprint density at radius 3 is 2.68 bits per heavy atom. The number of urea groups is 1. The van der Waals surface area contributed by atoms with Gasteiger partial charge in [0, 0.05) is 0 Å². The maximum atomic E-state index is 11.9. The molecule has 0 aromatic carbocycles. The molecule has 106 valence electrons. The second-order valence-corrected chi connectivity index (χ2v) is 5.03. The molecule has 0 saturated carbocycles. The van der Waals surface area contributed by atoms with Crippen molar-refractivity contribution in [3.8, 4) is 0 Å². The van der Waals surface area contributed by atoms with Gasteiger partial charge in [0.05, 0.1) is 13.2 Å². The zero-order valence-electron chi connectivity index (χ0n) is 9.46. The van der Waals surface area contributed by atoms with Crippen LogP contribution in [0.2, 0.25) is 0 Å². The van der Waals surface area contributed by atoms with E-state index in [-0.39, 0.29) is 12.1 Å². The fraction of sp³-hybridized carbons (Fsp3) is 0.500. The van der Waals surface area contributed by atoms with E-state index in [0.29, 0.717) is 5.06 Å². The summed E-state index contributed by atoms with van der Waals surface area (Å²) in [5.41, 5.74) is 5.32. The molecular weight excluding hydrogens is 282 g/mol. The lowest BCUT2D eigenvalue weighted by Crippen LogP contribution is -2.47. The summed E-state index contributed by atoms with van der Waals surface area (Å²) in [6.45, 7) is -0.588. The monoisotopic (exact) mass is 293 g/mol. The van der Waals surface area contributed by atoms with Crippen molar-refractivity contribution in [3.05, 3.63) is 11.6 Å². The number of nitrogens with two attached hydrogens (primary N) is 1. The van der Waals surface area contributed by atoms with Crippen LogP contribution in [-0.2, 0) is 19.5 Å². The summed E-state index contributed by atoms with van der Waals surface area (Å²) in [5.74, 6) is -0.827. The second kappa shape index (κ2) is 4.45.